The number of fused-ring (bicyclic) bond motifs is 1. The summed E-state index contributed by atoms with van der Waals surface area (Å²) in [5.74, 6) is -3.78. The average Bonchev–Trinajstić information content (AvgIpc) is 2.88. The molecule has 0 bridgehead atoms. The Bertz CT molecular complexity index is 1270. The molecule has 39 heavy (non-hydrogen) atoms. The van der Waals surface area contributed by atoms with Gasteiger partial charge in [0.2, 0.25) is 6.29 Å². The number of ether oxygens (including phenoxy) is 4. The number of aliphatic hydroxyl groups is 3. The van der Waals surface area contributed by atoms with Crippen LogP contribution in [-0.4, -0.2) is 90.1 Å². The maximum atomic E-state index is 11.8. The predicted molar refractivity (Wildman–Crippen MR) is 126 cm³/mol. The number of phenolic OH excluding ortho intramolecular Hbond substituents is 4. The minimum absolute atomic E-state index is 0.0316. The van der Waals surface area contributed by atoms with Crippen molar-refractivity contribution in [2.75, 3.05) is 6.61 Å². The number of carboxylic acids is 1. The summed E-state index contributed by atoms with van der Waals surface area (Å²) in [7, 11) is 0. The van der Waals surface area contributed by atoms with E-state index in [-0.39, 0.29) is 34.1 Å². The lowest BCUT2D eigenvalue weighted by molar-refractivity contribution is -0.294. The molecule has 0 radical (unpaired) electrons. The SMILES string of the molecule is O=C(O)CCC(=O)OC[C@H]1O[C@@H](OC2=Cc3c(O)cc(O)cc3OC2c2ccc(O)c(O)c2)[C@H](O)[C@@H](O)[C@@H]1O. The highest BCUT2D eigenvalue weighted by Crippen LogP contribution is 2.45. The zero-order valence-corrected chi connectivity index (χ0v) is 20.1. The topological polar surface area (TPSA) is 233 Å². The number of hydrogen-bond donors (Lipinski definition) is 8. The van der Waals surface area contributed by atoms with Gasteiger partial charge in [-0.05, 0) is 18.2 Å². The largest absolute Gasteiger partial charge is 0.508 e. The summed E-state index contributed by atoms with van der Waals surface area (Å²) < 4.78 is 22.2. The van der Waals surface area contributed by atoms with Gasteiger partial charge in [-0.15, -0.1) is 0 Å². The fourth-order valence-electron chi connectivity index (χ4n) is 4.02. The number of phenols is 4. The van der Waals surface area contributed by atoms with Crippen molar-refractivity contribution >= 4 is 18.0 Å². The van der Waals surface area contributed by atoms with Crippen molar-refractivity contribution in [3.8, 4) is 28.7 Å². The summed E-state index contributed by atoms with van der Waals surface area (Å²) >= 11 is 0. The fraction of sp³-hybridized carbons (Fsp3) is 0.360. The first-order valence-electron chi connectivity index (χ1n) is 11.6. The first-order chi connectivity index (χ1) is 18.4. The predicted octanol–water partition coefficient (Wildman–Crippen LogP) is 0.216. The Morgan fingerprint density at radius 1 is 0.872 bits per heavy atom. The van der Waals surface area contributed by atoms with Gasteiger partial charge in [0.05, 0.1) is 18.4 Å². The molecule has 0 spiro atoms. The smallest absolute Gasteiger partial charge is 0.306 e. The number of aliphatic hydroxyl groups excluding tert-OH is 3. The molecular formula is C25H26O14. The van der Waals surface area contributed by atoms with E-state index in [0.717, 1.165) is 6.07 Å². The van der Waals surface area contributed by atoms with Gasteiger partial charge in [0, 0.05) is 17.7 Å². The van der Waals surface area contributed by atoms with Crippen molar-refractivity contribution in [1.29, 1.82) is 0 Å². The van der Waals surface area contributed by atoms with Crippen LogP contribution in [0.2, 0.25) is 0 Å². The van der Waals surface area contributed by atoms with Crippen LogP contribution in [0.1, 0.15) is 30.1 Å². The summed E-state index contributed by atoms with van der Waals surface area (Å²) in [5, 5.41) is 79.8. The number of rotatable bonds is 8. The molecule has 0 aromatic heterocycles. The quantitative estimate of drug-likeness (QED) is 0.162. The Morgan fingerprint density at radius 3 is 2.31 bits per heavy atom. The van der Waals surface area contributed by atoms with Gasteiger partial charge in [0.15, 0.2) is 17.6 Å². The van der Waals surface area contributed by atoms with Gasteiger partial charge in [0.1, 0.15) is 54.0 Å². The number of esters is 1. The molecule has 2 aromatic carbocycles. The summed E-state index contributed by atoms with van der Waals surface area (Å²) in [4.78, 5) is 22.4. The molecule has 2 aromatic rings. The molecular weight excluding hydrogens is 524 g/mol. The van der Waals surface area contributed by atoms with E-state index in [2.05, 4.69) is 0 Å². The van der Waals surface area contributed by atoms with E-state index in [4.69, 9.17) is 24.1 Å². The van der Waals surface area contributed by atoms with Crippen LogP contribution in [0.15, 0.2) is 36.1 Å². The molecule has 2 heterocycles. The summed E-state index contributed by atoms with van der Waals surface area (Å²) in [6.45, 7) is -0.600. The molecule has 0 amide bonds. The highest BCUT2D eigenvalue weighted by molar-refractivity contribution is 5.76. The van der Waals surface area contributed by atoms with Gasteiger partial charge >= 0.3 is 11.9 Å². The molecule has 8 N–H and O–H groups in total. The van der Waals surface area contributed by atoms with Crippen LogP contribution >= 0.6 is 0 Å². The van der Waals surface area contributed by atoms with E-state index >= 15 is 0 Å². The van der Waals surface area contributed by atoms with Gasteiger partial charge < -0.3 is 59.8 Å². The summed E-state index contributed by atoms with van der Waals surface area (Å²) in [5.41, 5.74) is 0.316. The number of aromatic hydroxyl groups is 4. The second kappa shape index (κ2) is 11.2. The zero-order valence-electron chi connectivity index (χ0n) is 20.1. The van der Waals surface area contributed by atoms with E-state index in [9.17, 15) is 45.3 Å². The molecule has 1 saturated heterocycles. The maximum Gasteiger partial charge on any atom is 0.306 e. The van der Waals surface area contributed by atoms with Crippen LogP contribution < -0.4 is 4.74 Å². The number of benzene rings is 2. The third kappa shape index (κ3) is 6.09. The summed E-state index contributed by atoms with van der Waals surface area (Å²) in [6.07, 6.45) is -9.19. The molecule has 6 atom stereocenters. The number of hydrogen-bond acceptors (Lipinski definition) is 13. The van der Waals surface area contributed by atoms with Crippen LogP contribution in [0.4, 0.5) is 0 Å². The van der Waals surface area contributed by atoms with Crippen molar-refractivity contribution in [2.45, 2.75) is 49.7 Å². The van der Waals surface area contributed by atoms with Gasteiger partial charge in [-0.3, -0.25) is 9.59 Å². The first-order valence-corrected chi connectivity index (χ1v) is 11.6. The standard InChI is InChI=1S/C25H26O14/c26-11-6-14(28)12-8-17(24(37-16(12)7-11)10-1-2-13(27)15(29)5-10)38-25-23(35)22(34)21(33)18(39-25)9-36-20(32)4-3-19(30)31/h1-2,5-8,18,21-29,33-35H,3-4,9H2,(H,30,31)/t18-,21-,22+,23-,24?,25-/m1/s1. The van der Waals surface area contributed by atoms with E-state index in [0.29, 0.717) is 0 Å². The Kier molecular flexibility index (Phi) is 8.01. The van der Waals surface area contributed by atoms with Gasteiger partial charge in [-0.25, -0.2) is 0 Å². The molecule has 0 aliphatic carbocycles. The molecule has 14 heteroatoms. The van der Waals surface area contributed by atoms with Crippen molar-refractivity contribution in [1.82, 2.24) is 0 Å². The minimum Gasteiger partial charge on any atom is -0.508 e. The number of carbonyl (C=O) groups excluding carboxylic acids is 1. The normalized spacial score (nSPS) is 26.1. The molecule has 210 valence electrons. The molecule has 4 rings (SSSR count). The third-order valence-corrected chi connectivity index (χ3v) is 6.07. The molecule has 1 unspecified atom stereocenters. The van der Waals surface area contributed by atoms with Crippen LogP contribution in [0.3, 0.4) is 0 Å². The molecule has 14 nitrogen and oxygen atoms in total. The van der Waals surface area contributed by atoms with Crippen LogP contribution in [0, 0.1) is 0 Å². The number of carbonyl (C=O) groups is 2. The van der Waals surface area contributed by atoms with E-state index in [1.807, 2.05) is 0 Å². The maximum absolute atomic E-state index is 11.8. The van der Waals surface area contributed by atoms with Gasteiger partial charge in [-0.1, -0.05) is 6.07 Å². The summed E-state index contributed by atoms with van der Waals surface area (Å²) in [6, 6.07) is 6.00. The fourth-order valence-corrected chi connectivity index (χ4v) is 4.02. The minimum atomic E-state index is -1.82. The number of aliphatic carboxylic acids is 1. The monoisotopic (exact) mass is 550 g/mol. The molecule has 2 aliphatic rings. The van der Waals surface area contributed by atoms with Crippen LogP contribution in [0.5, 0.6) is 28.7 Å². The first kappa shape index (κ1) is 27.8. The molecule has 0 saturated carbocycles. The lowest BCUT2D eigenvalue weighted by Crippen LogP contribution is -2.59. The Hall–Kier alpha value is -4.24. The van der Waals surface area contributed by atoms with E-state index in [1.165, 1.54) is 30.3 Å². The number of carboxylic acid groups (broad SMARTS) is 1. The van der Waals surface area contributed by atoms with Crippen LogP contribution in [0.25, 0.3) is 6.08 Å². The van der Waals surface area contributed by atoms with Crippen molar-refractivity contribution in [2.24, 2.45) is 0 Å². The van der Waals surface area contributed by atoms with Crippen molar-refractivity contribution in [3.05, 3.63) is 47.2 Å². The average molecular weight is 550 g/mol. The lowest BCUT2D eigenvalue weighted by atomic mass is 9.98. The Labute approximate surface area is 220 Å². The Morgan fingerprint density at radius 2 is 1.62 bits per heavy atom. The van der Waals surface area contributed by atoms with Crippen molar-refractivity contribution in [3.63, 3.8) is 0 Å². The lowest BCUT2D eigenvalue weighted by Gasteiger charge is -2.41. The van der Waals surface area contributed by atoms with E-state index < -0.39 is 79.7 Å². The molecule has 2 aliphatic heterocycles. The van der Waals surface area contributed by atoms with E-state index in [1.54, 1.807) is 0 Å². The second-order valence-corrected chi connectivity index (χ2v) is 8.88. The zero-order chi connectivity index (χ0) is 28.4. The molecule has 1 fully saturated rings. The van der Waals surface area contributed by atoms with Crippen LogP contribution in [-0.2, 0) is 23.8 Å². The van der Waals surface area contributed by atoms with Gasteiger partial charge in [-0.2, -0.15) is 0 Å². The third-order valence-electron chi connectivity index (χ3n) is 6.07. The highest BCUT2D eigenvalue weighted by atomic mass is 16.7. The van der Waals surface area contributed by atoms with Gasteiger partial charge in [0.25, 0.3) is 0 Å². The Balaban J connectivity index is 1.60. The highest BCUT2D eigenvalue weighted by Gasteiger charge is 2.46. The van der Waals surface area contributed by atoms with Crippen molar-refractivity contribution < 1.29 is 69.4 Å². The second-order valence-electron chi connectivity index (χ2n) is 8.88.